The van der Waals surface area contributed by atoms with Gasteiger partial charge in [0.2, 0.25) is 0 Å². The Hall–Kier alpha value is -0.780. The Kier molecular flexibility index (Phi) is 3.68. The summed E-state index contributed by atoms with van der Waals surface area (Å²) < 4.78 is 0. The lowest BCUT2D eigenvalue weighted by Gasteiger charge is -2.44. The number of rotatable bonds is 2. The van der Waals surface area contributed by atoms with Crippen LogP contribution in [-0.2, 0) is 0 Å². The van der Waals surface area contributed by atoms with Gasteiger partial charge in [-0.25, -0.2) is 0 Å². The lowest BCUT2D eigenvalue weighted by molar-refractivity contribution is 0.110. The van der Waals surface area contributed by atoms with E-state index in [0.29, 0.717) is 0 Å². The SMILES string of the molecule is C/C=C\CC1CC(C)C2C=CC=CC2C1C. The maximum atomic E-state index is 2.45. The summed E-state index contributed by atoms with van der Waals surface area (Å²) in [6.07, 6.45) is 16.5. The van der Waals surface area contributed by atoms with Crippen LogP contribution in [0.4, 0.5) is 0 Å². The van der Waals surface area contributed by atoms with E-state index in [4.69, 9.17) is 0 Å². The van der Waals surface area contributed by atoms with Gasteiger partial charge in [-0.3, -0.25) is 0 Å². The molecular weight excluding hydrogens is 192 g/mol. The molecule has 2 aliphatic rings. The molecule has 0 nitrogen and oxygen atoms in total. The Labute approximate surface area is 100 Å². The average Bonchev–Trinajstić information content (AvgIpc) is 2.32. The van der Waals surface area contributed by atoms with E-state index in [1.807, 2.05) is 0 Å². The van der Waals surface area contributed by atoms with Gasteiger partial charge in [-0.2, -0.15) is 0 Å². The molecule has 0 heteroatoms. The lowest BCUT2D eigenvalue weighted by atomic mass is 9.61. The summed E-state index contributed by atoms with van der Waals surface area (Å²) in [7, 11) is 0. The van der Waals surface area contributed by atoms with Crippen LogP contribution in [0.5, 0.6) is 0 Å². The first-order valence-corrected chi connectivity index (χ1v) is 6.70. The molecule has 16 heavy (non-hydrogen) atoms. The molecule has 88 valence electrons. The summed E-state index contributed by atoms with van der Waals surface area (Å²) in [6.45, 7) is 7.00. The minimum atomic E-state index is 0.781. The molecule has 5 atom stereocenters. The second-order valence-electron chi connectivity index (χ2n) is 5.56. The molecule has 1 fully saturated rings. The molecule has 0 N–H and O–H groups in total. The van der Waals surface area contributed by atoms with Crippen LogP contribution in [0.2, 0.25) is 0 Å². The zero-order valence-corrected chi connectivity index (χ0v) is 10.8. The predicted molar refractivity (Wildman–Crippen MR) is 71.1 cm³/mol. The largest absolute Gasteiger partial charge is 0.0917 e. The van der Waals surface area contributed by atoms with Crippen LogP contribution in [0, 0.1) is 29.6 Å². The second kappa shape index (κ2) is 5.03. The van der Waals surface area contributed by atoms with Crippen LogP contribution in [-0.4, -0.2) is 0 Å². The van der Waals surface area contributed by atoms with Crippen molar-refractivity contribution in [3.63, 3.8) is 0 Å². The third-order valence-corrected chi connectivity index (χ3v) is 4.58. The molecule has 2 aliphatic carbocycles. The van der Waals surface area contributed by atoms with Gasteiger partial charge in [0.25, 0.3) is 0 Å². The van der Waals surface area contributed by atoms with Gasteiger partial charge >= 0.3 is 0 Å². The normalized spacial score (nSPS) is 42.6. The average molecular weight is 216 g/mol. The summed E-state index contributed by atoms with van der Waals surface area (Å²) >= 11 is 0. The summed E-state index contributed by atoms with van der Waals surface area (Å²) in [5.74, 6) is 4.13. The van der Waals surface area contributed by atoms with Crippen molar-refractivity contribution in [2.75, 3.05) is 0 Å². The van der Waals surface area contributed by atoms with Crippen molar-refractivity contribution in [2.24, 2.45) is 29.6 Å². The third-order valence-electron chi connectivity index (χ3n) is 4.58. The maximum absolute atomic E-state index is 2.45. The van der Waals surface area contributed by atoms with Crippen molar-refractivity contribution in [3.05, 3.63) is 36.5 Å². The molecule has 2 rings (SSSR count). The van der Waals surface area contributed by atoms with E-state index in [1.54, 1.807) is 0 Å². The highest BCUT2D eigenvalue weighted by Crippen LogP contribution is 2.45. The van der Waals surface area contributed by atoms with Gasteiger partial charge in [0.15, 0.2) is 0 Å². The Bertz CT molecular complexity index is 308. The molecule has 0 radical (unpaired) electrons. The standard InChI is InChI=1S/C16H24/c1-4-5-8-14-11-12(2)15-9-6-7-10-16(15)13(14)3/h4-7,9-10,12-16H,8,11H2,1-3H3/b5-4-. The third kappa shape index (κ3) is 2.16. The van der Waals surface area contributed by atoms with E-state index in [1.165, 1.54) is 12.8 Å². The van der Waals surface area contributed by atoms with E-state index in [2.05, 4.69) is 57.2 Å². The summed E-state index contributed by atoms with van der Waals surface area (Å²) in [5.41, 5.74) is 0. The molecule has 0 bridgehead atoms. The molecule has 0 amide bonds. The summed E-state index contributed by atoms with van der Waals surface area (Å²) in [5, 5.41) is 0. The van der Waals surface area contributed by atoms with Gasteiger partial charge in [0.1, 0.15) is 0 Å². The molecule has 0 heterocycles. The molecule has 0 aromatic carbocycles. The van der Waals surface area contributed by atoms with Gasteiger partial charge < -0.3 is 0 Å². The lowest BCUT2D eigenvalue weighted by Crippen LogP contribution is -2.36. The highest BCUT2D eigenvalue weighted by Gasteiger charge is 2.38. The maximum Gasteiger partial charge on any atom is -0.0136 e. The van der Waals surface area contributed by atoms with Crippen LogP contribution < -0.4 is 0 Å². The van der Waals surface area contributed by atoms with Crippen molar-refractivity contribution >= 4 is 0 Å². The first-order chi connectivity index (χ1) is 7.74. The highest BCUT2D eigenvalue weighted by molar-refractivity contribution is 5.17. The van der Waals surface area contributed by atoms with Gasteiger partial charge in [0.05, 0.1) is 0 Å². The highest BCUT2D eigenvalue weighted by atomic mass is 14.4. The Morgan fingerprint density at radius 2 is 1.81 bits per heavy atom. The summed E-state index contributed by atoms with van der Waals surface area (Å²) in [4.78, 5) is 0. The van der Waals surface area contributed by atoms with Gasteiger partial charge in [-0.1, -0.05) is 50.3 Å². The van der Waals surface area contributed by atoms with Crippen molar-refractivity contribution in [1.29, 1.82) is 0 Å². The molecule has 0 spiro atoms. The van der Waals surface area contributed by atoms with Crippen LogP contribution in [0.1, 0.15) is 33.6 Å². The fraction of sp³-hybridized carbons (Fsp3) is 0.625. The van der Waals surface area contributed by atoms with E-state index in [-0.39, 0.29) is 0 Å². The fourth-order valence-electron chi connectivity index (χ4n) is 3.52. The molecular formula is C16H24. The zero-order chi connectivity index (χ0) is 11.5. The quantitative estimate of drug-likeness (QED) is 0.592. The number of hydrogen-bond acceptors (Lipinski definition) is 0. The first-order valence-electron chi connectivity index (χ1n) is 6.70. The van der Waals surface area contributed by atoms with Crippen LogP contribution in [0.15, 0.2) is 36.5 Å². The number of hydrogen-bond donors (Lipinski definition) is 0. The van der Waals surface area contributed by atoms with Gasteiger partial charge in [-0.15, -0.1) is 0 Å². The molecule has 0 aromatic heterocycles. The molecule has 0 saturated heterocycles. The van der Waals surface area contributed by atoms with Crippen molar-refractivity contribution in [3.8, 4) is 0 Å². The van der Waals surface area contributed by atoms with Crippen molar-refractivity contribution < 1.29 is 0 Å². The topological polar surface area (TPSA) is 0 Å². The number of fused-ring (bicyclic) bond motifs is 1. The Morgan fingerprint density at radius 3 is 2.50 bits per heavy atom. The smallest absolute Gasteiger partial charge is 0.0136 e. The van der Waals surface area contributed by atoms with E-state index >= 15 is 0 Å². The van der Waals surface area contributed by atoms with Crippen molar-refractivity contribution in [2.45, 2.75) is 33.6 Å². The minimum absolute atomic E-state index is 0.781. The van der Waals surface area contributed by atoms with E-state index in [9.17, 15) is 0 Å². The fourth-order valence-corrected chi connectivity index (χ4v) is 3.52. The van der Waals surface area contributed by atoms with Crippen LogP contribution in [0.3, 0.4) is 0 Å². The number of allylic oxidation sites excluding steroid dienone is 6. The van der Waals surface area contributed by atoms with Crippen LogP contribution in [0.25, 0.3) is 0 Å². The minimum Gasteiger partial charge on any atom is -0.0917 e. The van der Waals surface area contributed by atoms with E-state index < -0.39 is 0 Å². The van der Waals surface area contributed by atoms with Crippen LogP contribution >= 0.6 is 0 Å². The molecule has 0 aliphatic heterocycles. The van der Waals surface area contributed by atoms with Gasteiger partial charge in [-0.05, 0) is 49.4 Å². The van der Waals surface area contributed by atoms with Gasteiger partial charge in [0, 0.05) is 0 Å². The predicted octanol–water partition coefficient (Wildman–Crippen LogP) is 4.60. The Morgan fingerprint density at radius 1 is 1.12 bits per heavy atom. The zero-order valence-electron chi connectivity index (χ0n) is 10.8. The second-order valence-corrected chi connectivity index (χ2v) is 5.56. The molecule has 0 aromatic rings. The molecule has 1 saturated carbocycles. The first kappa shape index (κ1) is 11.7. The van der Waals surface area contributed by atoms with E-state index in [0.717, 1.165) is 29.6 Å². The summed E-state index contributed by atoms with van der Waals surface area (Å²) in [6, 6.07) is 0. The molecule has 5 unspecified atom stereocenters. The monoisotopic (exact) mass is 216 g/mol. The van der Waals surface area contributed by atoms with Crippen molar-refractivity contribution in [1.82, 2.24) is 0 Å². The Balaban J connectivity index is 2.10.